The van der Waals surface area contributed by atoms with Gasteiger partial charge in [-0.1, -0.05) is 0 Å². The molecule has 0 aliphatic heterocycles. The molecule has 0 saturated heterocycles. The summed E-state index contributed by atoms with van der Waals surface area (Å²) in [6.45, 7) is 0. The van der Waals surface area contributed by atoms with E-state index in [2.05, 4.69) is 0 Å². The van der Waals surface area contributed by atoms with Crippen molar-refractivity contribution in [2.75, 3.05) is 7.11 Å². The van der Waals surface area contributed by atoms with Crippen LogP contribution in [0.1, 0.15) is 0 Å². The third-order valence-corrected chi connectivity index (χ3v) is 3.18. The predicted molar refractivity (Wildman–Crippen MR) is 84.4 cm³/mol. The van der Waals surface area contributed by atoms with Gasteiger partial charge < -0.3 is 35.1 Å². The maximum Gasteiger partial charge on any atom is 0.235 e. The lowest BCUT2D eigenvalue weighted by Gasteiger charge is -2.08. The van der Waals surface area contributed by atoms with Crippen LogP contribution in [0, 0.1) is 0 Å². The highest BCUT2D eigenvalue weighted by Gasteiger charge is 2.18. The summed E-state index contributed by atoms with van der Waals surface area (Å²) < 4.78 is 5.38. The van der Waals surface area contributed by atoms with Gasteiger partial charge >= 0.3 is 0 Å². The molecule has 3 rings (SSSR count). The molecular formula is C16H14O8. The van der Waals surface area contributed by atoms with Gasteiger partial charge in [-0.25, -0.2) is 0 Å². The second-order valence-electron chi connectivity index (χ2n) is 4.65. The molecule has 24 heavy (non-hydrogen) atoms. The zero-order valence-corrected chi connectivity index (χ0v) is 12.4. The lowest BCUT2D eigenvalue weighted by molar-refractivity contribution is 0.368. The van der Waals surface area contributed by atoms with Crippen molar-refractivity contribution in [3.63, 3.8) is 0 Å². The van der Waals surface area contributed by atoms with E-state index in [0.29, 0.717) is 0 Å². The molecule has 0 bridgehead atoms. The minimum absolute atomic E-state index is 0.0184. The van der Waals surface area contributed by atoms with Crippen LogP contribution in [0.15, 0.2) is 39.5 Å². The van der Waals surface area contributed by atoms with Crippen molar-refractivity contribution >= 4 is 11.0 Å². The third kappa shape index (κ3) is 2.77. The molecule has 0 radical (unpaired) electrons. The molecular weight excluding hydrogens is 320 g/mol. The standard InChI is InChI=1S/C15H10O7.CH4O/c16-7-1-2-8-11(5-7)22-15(14(21)12(8)19)6-3-9(17)13(20)10(18)4-6;1-2/h1-5,16-18,20-21H;2H,1H3. The summed E-state index contributed by atoms with van der Waals surface area (Å²) in [5.74, 6) is -3.19. The second kappa shape index (κ2) is 6.39. The number of phenolic OH excluding ortho intramolecular Hbond substituents is 4. The van der Waals surface area contributed by atoms with E-state index in [-0.39, 0.29) is 28.0 Å². The fraction of sp³-hybridized carbons (Fsp3) is 0.0625. The van der Waals surface area contributed by atoms with Crippen LogP contribution in [-0.2, 0) is 0 Å². The number of aliphatic hydroxyl groups is 1. The summed E-state index contributed by atoms with van der Waals surface area (Å²) in [7, 11) is 1.00. The highest BCUT2D eigenvalue weighted by atomic mass is 16.4. The number of rotatable bonds is 1. The van der Waals surface area contributed by atoms with Crippen molar-refractivity contribution in [2.24, 2.45) is 0 Å². The average Bonchev–Trinajstić information content (AvgIpc) is 2.57. The quantitative estimate of drug-likeness (QED) is 0.367. The number of aromatic hydroxyl groups is 5. The Kier molecular flexibility index (Phi) is 4.52. The van der Waals surface area contributed by atoms with Gasteiger partial charge in [-0.2, -0.15) is 0 Å². The topological polar surface area (TPSA) is 152 Å². The molecule has 0 aliphatic rings. The normalized spacial score (nSPS) is 10.2. The maximum absolute atomic E-state index is 12.1. The molecule has 0 atom stereocenters. The summed E-state index contributed by atoms with van der Waals surface area (Å²) in [6, 6.07) is 5.80. The van der Waals surface area contributed by atoms with Gasteiger partial charge in [-0.05, 0) is 24.3 Å². The molecule has 8 nitrogen and oxygen atoms in total. The Hall–Kier alpha value is -3.39. The fourth-order valence-corrected chi connectivity index (χ4v) is 2.10. The minimum Gasteiger partial charge on any atom is -0.508 e. The Morgan fingerprint density at radius 1 is 0.833 bits per heavy atom. The third-order valence-electron chi connectivity index (χ3n) is 3.18. The predicted octanol–water partition coefficient (Wildman–Crippen LogP) is 1.60. The van der Waals surface area contributed by atoms with Crippen LogP contribution in [-0.4, -0.2) is 37.7 Å². The maximum atomic E-state index is 12.1. The molecule has 0 fully saturated rings. The molecule has 3 aromatic rings. The summed E-state index contributed by atoms with van der Waals surface area (Å²) in [5.41, 5.74) is -0.735. The molecule has 1 aromatic heterocycles. The molecule has 8 heteroatoms. The van der Waals surface area contributed by atoms with E-state index < -0.39 is 28.4 Å². The highest BCUT2D eigenvalue weighted by Crippen LogP contribution is 2.41. The van der Waals surface area contributed by atoms with Crippen LogP contribution in [0.4, 0.5) is 0 Å². The van der Waals surface area contributed by atoms with Crippen LogP contribution < -0.4 is 5.43 Å². The Labute approximate surface area is 134 Å². The fourth-order valence-electron chi connectivity index (χ4n) is 2.10. The average molecular weight is 334 g/mol. The van der Waals surface area contributed by atoms with Crippen molar-refractivity contribution in [1.29, 1.82) is 0 Å². The molecule has 0 spiro atoms. The Morgan fingerprint density at radius 2 is 1.42 bits per heavy atom. The molecule has 6 N–H and O–H groups in total. The number of aliphatic hydroxyl groups excluding tert-OH is 1. The smallest absolute Gasteiger partial charge is 0.235 e. The Balaban J connectivity index is 0.00000100. The van der Waals surface area contributed by atoms with E-state index in [4.69, 9.17) is 9.52 Å². The van der Waals surface area contributed by atoms with Gasteiger partial charge in [0.05, 0.1) is 5.39 Å². The first-order valence-electron chi connectivity index (χ1n) is 6.57. The van der Waals surface area contributed by atoms with E-state index in [1.807, 2.05) is 0 Å². The van der Waals surface area contributed by atoms with Gasteiger partial charge in [0.1, 0.15) is 11.3 Å². The van der Waals surface area contributed by atoms with E-state index in [1.165, 1.54) is 18.2 Å². The minimum atomic E-state index is -0.733. The van der Waals surface area contributed by atoms with Crippen molar-refractivity contribution in [2.45, 2.75) is 0 Å². The van der Waals surface area contributed by atoms with Gasteiger partial charge in [-0.15, -0.1) is 0 Å². The number of benzene rings is 2. The van der Waals surface area contributed by atoms with Crippen molar-refractivity contribution in [3.8, 4) is 40.1 Å². The van der Waals surface area contributed by atoms with Crippen LogP contribution in [0.2, 0.25) is 0 Å². The largest absolute Gasteiger partial charge is 0.508 e. The van der Waals surface area contributed by atoms with Crippen LogP contribution >= 0.6 is 0 Å². The van der Waals surface area contributed by atoms with Gasteiger partial charge in [0.2, 0.25) is 11.2 Å². The lowest BCUT2D eigenvalue weighted by atomic mass is 10.1. The SMILES string of the molecule is CO.O=c1c(O)c(-c2cc(O)c(O)c(O)c2)oc2cc(O)ccc12. The number of hydrogen-bond acceptors (Lipinski definition) is 8. The first kappa shape index (κ1) is 17.0. The molecule has 0 aliphatic carbocycles. The van der Waals surface area contributed by atoms with E-state index in [1.54, 1.807) is 0 Å². The van der Waals surface area contributed by atoms with Gasteiger partial charge in [0.15, 0.2) is 23.0 Å². The molecule has 126 valence electrons. The van der Waals surface area contributed by atoms with Gasteiger partial charge in [-0.3, -0.25) is 4.79 Å². The van der Waals surface area contributed by atoms with Crippen LogP contribution in [0.3, 0.4) is 0 Å². The molecule has 1 heterocycles. The number of hydrogen-bond donors (Lipinski definition) is 6. The van der Waals surface area contributed by atoms with Crippen molar-refractivity contribution in [3.05, 3.63) is 40.6 Å². The van der Waals surface area contributed by atoms with Gasteiger partial charge in [0.25, 0.3) is 0 Å². The number of fused-ring (bicyclic) bond motifs is 1. The van der Waals surface area contributed by atoms with Crippen molar-refractivity contribution < 1.29 is 35.1 Å². The van der Waals surface area contributed by atoms with Crippen LogP contribution in [0.5, 0.6) is 28.7 Å². The first-order valence-corrected chi connectivity index (χ1v) is 6.57. The molecule has 0 unspecified atom stereocenters. The Morgan fingerprint density at radius 3 is 2.00 bits per heavy atom. The highest BCUT2D eigenvalue weighted by molar-refractivity contribution is 5.83. The zero-order chi connectivity index (χ0) is 18.0. The van der Waals surface area contributed by atoms with Crippen molar-refractivity contribution in [1.82, 2.24) is 0 Å². The summed E-state index contributed by atoms with van der Waals surface area (Å²) in [5, 5.41) is 54.8. The summed E-state index contributed by atoms with van der Waals surface area (Å²) >= 11 is 0. The molecule has 0 amide bonds. The molecule has 2 aromatic carbocycles. The van der Waals surface area contributed by atoms with E-state index in [9.17, 15) is 30.3 Å². The number of phenols is 4. The monoisotopic (exact) mass is 334 g/mol. The first-order chi connectivity index (χ1) is 11.4. The van der Waals surface area contributed by atoms with E-state index in [0.717, 1.165) is 19.2 Å². The van der Waals surface area contributed by atoms with E-state index >= 15 is 0 Å². The van der Waals surface area contributed by atoms with Gasteiger partial charge in [0, 0.05) is 18.7 Å². The second-order valence-corrected chi connectivity index (χ2v) is 4.65. The summed E-state index contributed by atoms with van der Waals surface area (Å²) in [6.07, 6.45) is 0. The van der Waals surface area contributed by atoms with Crippen LogP contribution in [0.25, 0.3) is 22.3 Å². The Bertz CT molecular complexity index is 935. The lowest BCUT2D eigenvalue weighted by Crippen LogP contribution is -2.02. The molecule has 0 saturated carbocycles. The summed E-state index contributed by atoms with van der Waals surface area (Å²) in [4.78, 5) is 12.1. The zero-order valence-electron chi connectivity index (χ0n) is 12.4.